The zero-order chi connectivity index (χ0) is 8.97. The van der Waals surface area contributed by atoms with Crippen LogP contribution >= 0.6 is 11.3 Å². The van der Waals surface area contributed by atoms with E-state index < -0.39 is 0 Å². The van der Waals surface area contributed by atoms with Crippen molar-refractivity contribution < 1.29 is 4.79 Å². The Morgan fingerprint density at radius 1 is 1.58 bits per heavy atom. The summed E-state index contributed by atoms with van der Waals surface area (Å²) in [6.07, 6.45) is 1.08. The van der Waals surface area contributed by atoms with Crippen molar-refractivity contribution in [2.45, 2.75) is 20.3 Å². The van der Waals surface area contributed by atoms with E-state index in [1.54, 1.807) is 11.3 Å². The average Bonchev–Trinajstić information content (AvgIpc) is 2.32. The number of aldehydes is 1. The molecule has 0 aliphatic carbocycles. The van der Waals surface area contributed by atoms with Gasteiger partial charge in [0.15, 0.2) is 5.01 Å². The number of hydrogen-bond acceptors (Lipinski definition) is 3. The van der Waals surface area contributed by atoms with Crippen molar-refractivity contribution >= 4 is 17.6 Å². The smallest absolute Gasteiger partial charge is 0.167 e. The van der Waals surface area contributed by atoms with Gasteiger partial charge in [-0.3, -0.25) is 0 Å². The lowest BCUT2D eigenvalue weighted by molar-refractivity contribution is -0.107. The molecule has 0 amide bonds. The topological polar surface area (TPSA) is 30.0 Å². The molecule has 62 valence electrons. The fourth-order valence-electron chi connectivity index (χ4n) is 0.695. The molecule has 0 aliphatic heterocycles. The van der Waals surface area contributed by atoms with Crippen LogP contribution in [0.15, 0.2) is 0 Å². The summed E-state index contributed by atoms with van der Waals surface area (Å²) in [7, 11) is 0. The summed E-state index contributed by atoms with van der Waals surface area (Å²) in [6, 6.07) is 0. The highest BCUT2D eigenvalue weighted by Crippen LogP contribution is 2.14. The number of rotatable bonds is 1. The maximum absolute atomic E-state index is 9.95. The van der Waals surface area contributed by atoms with Gasteiger partial charge in [-0.15, -0.1) is 11.3 Å². The molecule has 1 heterocycles. The molecule has 0 fully saturated rings. The molecular weight excluding hydrogens is 170 g/mol. The molecule has 0 atom stereocenters. The van der Waals surface area contributed by atoms with Crippen molar-refractivity contribution in [3.05, 3.63) is 15.6 Å². The molecule has 0 aromatic carbocycles. The van der Waals surface area contributed by atoms with Gasteiger partial charge in [0.05, 0.1) is 12.1 Å². The Kier molecular flexibility index (Phi) is 3.01. The lowest BCUT2D eigenvalue weighted by Crippen LogP contribution is -1.74. The van der Waals surface area contributed by atoms with Crippen molar-refractivity contribution in [3.63, 3.8) is 0 Å². The van der Waals surface area contributed by atoms with Crippen molar-refractivity contribution in [2.24, 2.45) is 0 Å². The Bertz CT molecular complexity index is 324. The van der Waals surface area contributed by atoms with Crippen LogP contribution in [-0.2, 0) is 4.79 Å². The van der Waals surface area contributed by atoms with Crippen molar-refractivity contribution in [1.82, 2.24) is 4.98 Å². The molecule has 0 bridgehead atoms. The van der Waals surface area contributed by atoms with Gasteiger partial charge in [0.2, 0.25) is 0 Å². The molecule has 0 saturated carbocycles. The van der Waals surface area contributed by atoms with Crippen LogP contribution in [0.2, 0.25) is 0 Å². The molecule has 0 radical (unpaired) electrons. The minimum absolute atomic E-state index is 0.289. The molecule has 0 N–H and O–H groups in total. The van der Waals surface area contributed by atoms with Gasteiger partial charge in [-0.05, 0) is 19.8 Å². The van der Waals surface area contributed by atoms with Crippen molar-refractivity contribution in [3.8, 4) is 11.8 Å². The first-order valence-corrected chi connectivity index (χ1v) is 4.42. The molecule has 0 aliphatic rings. The van der Waals surface area contributed by atoms with Gasteiger partial charge in [0.1, 0.15) is 6.29 Å². The first-order chi connectivity index (χ1) is 5.74. The van der Waals surface area contributed by atoms with E-state index in [0.29, 0.717) is 0 Å². The summed E-state index contributed by atoms with van der Waals surface area (Å²) in [5, 5.41) is 0.798. The fourth-order valence-corrected chi connectivity index (χ4v) is 1.48. The van der Waals surface area contributed by atoms with Crippen LogP contribution in [-0.4, -0.2) is 11.3 Å². The summed E-state index contributed by atoms with van der Waals surface area (Å²) in [4.78, 5) is 15.3. The van der Waals surface area contributed by atoms with E-state index in [0.717, 1.165) is 17.0 Å². The molecule has 3 heteroatoms. The second-order valence-corrected chi connectivity index (χ2v) is 3.54. The van der Waals surface area contributed by atoms with E-state index in [4.69, 9.17) is 0 Å². The summed E-state index contributed by atoms with van der Waals surface area (Å²) in [5.74, 6) is 5.56. The highest BCUT2D eigenvalue weighted by atomic mass is 32.1. The number of carbonyl (C=O) groups excluding carboxylic acids is 1. The summed E-state index contributed by atoms with van der Waals surface area (Å²) in [6.45, 7) is 3.97. The zero-order valence-electron chi connectivity index (χ0n) is 7.05. The number of hydrogen-bond donors (Lipinski definition) is 0. The molecule has 0 unspecified atom stereocenters. The molecule has 0 saturated heterocycles. The molecule has 2 nitrogen and oxygen atoms in total. The Labute approximate surface area is 75.6 Å². The van der Waals surface area contributed by atoms with Gasteiger partial charge in [0, 0.05) is 4.88 Å². The van der Waals surface area contributed by atoms with E-state index in [-0.39, 0.29) is 6.42 Å². The minimum Gasteiger partial charge on any atom is -0.302 e. The number of thiazole rings is 1. The Balaban J connectivity index is 2.78. The highest BCUT2D eigenvalue weighted by Gasteiger charge is 1.98. The zero-order valence-corrected chi connectivity index (χ0v) is 7.86. The van der Waals surface area contributed by atoms with Crippen LogP contribution in [0.5, 0.6) is 0 Å². The van der Waals surface area contributed by atoms with E-state index in [1.165, 1.54) is 4.88 Å². The van der Waals surface area contributed by atoms with Gasteiger partial charge in [-0.25, -0.2) is 4.98 Å². The number of aromatic nitrogens is 1. The van der Waals surface area contributed by atoms with Crippen LogP contribution in [0.4, 0.5) is 0 Å². The predicted molar refractivity (Wildman–Crippen MR) is 49.1 cm³/mol. The van der Waals surface area contributed by atoms with E-state index in [1.807, 2.05) is 13.8 Å². The molecule has 1 aromatic heterocycles. The maximum Gasteiger partial charge on any atom is 0.167 e. The van der Waals surface area contributed by atoms with Gasteiger partial charge in [-0.2, -0.15) is 0 Å². The lowest BCUT2D eigenvalue weighted by atomic mass is 10.4. The van der Waals surface area contributed by atoms with Crippen LogP contribution in [0.25, 0.3) is 0 Å². The fraction of sp³-hybridized carbons (Fsp3) is 0.333. The first kappa shape index (κ1) is 8.95. The van der Waals surface area contributed by atoms with Gasteiger partial charge >= 0.3 is 0 Å². The average molecular weight is 179 g/mol. The second-order valence-electron chi connectivity index (χ2n) is 2.33. The Hall–Kier alpha value is -1.14. The van der Waals surface area contributed by atoms with Crippen molar-refractivity contribution in [2.75, 3.05) is 0 Å². The third-order valence-corrected chi connectivity index (χ3v) is 2.40. The summed E-state index contributed by atoms with van der Waals surface area (Å²) >= 11 is 1.56. The van der Waals surface area contributed by atoms with E-state index in [9.17, 15) is 4.79 Å². The molecular formula is C9H9NOS. The highest BCUT2D eigenvalue weighted by molar-refractivity contribution is 7.12. The quantitative estimate of drug-likeness (QED) is 0.485. The molecule has 12 heavy (non-hydrogen) atoms. The van der Waals surface area contributed by atoms with Crippen LogP contribution in [0, 0.1) is 25.7 Å². The second kappa shape index (κ2) is 4.03. The van der Waals surface area contributed by atoms with Gasteiger partial charge < -0.3 is 4.79 Å². The Morgan fingerprint density at radius 2 is 2.33 bits per heavy atom. The summed E-state index contributed by atoms with van der Waals surface area (Å²) in [5.41, 5.74) is 1.02. The monoisotopic (exact) mass is 179 g/mol. The van der Waals surface area contributed by atoms with Gasteiger partial charge in [0.25, 0.3) is 0 Å². The van der Waals surface area contributed by atoms with Crippen LogP contribution in [0.3, 0.4) is 0 Å². The predicted octanol–water partition coefficient (Wildman–Crippen LogP) is 1.70. The SMILES string of the molecule is Cc1nc(C#CCC=O)sc1C. The lowest BCUT2D eigenvalue weighted by Gasteiger charge is -1.77. The van der Waals surface area contributed by atoms with E-state index >= 15 is 0 Å². The van der Waals surface area contributed by atoms with Crippen LogP contribution < -0.4 is 0 Å². The van der Waals surface area contributed by atoms with Gasteiger partial charge in [-0.1, -0.05) is 5.92 Å². The minimum atomic E-state index is 0.289. The third kappa shape index (κ3) is 2.18. The first-order valence-electron chi connectivity index (χ1n) is 3.60. The number of aryl methyl sites for hydroxylation is 2. The number of nitrogens with zero attached hydrogens (tertiary/aromatic N) is 1. The molecule has 1 aromatic rings. The van der Waals surface area contributed by atoms with Crippen LogP contribution in [0.1, 0.15) is 22.0 Å². The molecule has 0 spiro atoms. The third-order valence-electron chi connectivity index (χ3n) is 1.41. The summed E-state index contributed by atoms with van der Waals surface area (Å²) < 4.78 is 0. The largest absolute Gasteiger partial charge is 0.302 e. The number of carbonyl (C=O) groups is 1. The Morgan fingerprint density at radius 3 is 2.83 bits per heavy atom. The normalized spacial score (nSPS) is 8.83. The van der Waals surface area contributed by atoms with Crippen molar-refractivity contribution in [1.29, 1.82) is 0 Å². The molecule has 1 rings (SSSR count). The standard InChI is InChI=1S/C9H9NOS/c1-7-8(2)12-9(10-7)5-3-4-6-11/h6H,4H2,1-2H3. The maximum atomic E-state index is 9.95. The van der Waals surface area contributed by atoms with E-state index in [2.05, 4.69) is 16.8 Å².